The lowest BCUT2D eigenvalue weighted by molar-refractivity contribution is -0.138. The van der Waals surface area contributed by atoms with E-state index in [1.165, 1.54) is 6.42 Å². The number of H-pyrrole nitrogens is 1. The van der Waals surface area contributed by atoms with Crippen LogP contribution in [0.15, 0.2) is 24.3 Å². The van der Waals surface area contributed by atoms with Gasteiger partial charge in [0.2, 0.25) is 5.91 Å². The van der Waals surface area contributed by atoms with E-state index in [0.29, 0.717) is 11.8 Å². The van der Waals surface area contributed by atoms with Gasteiger partial charge in [-0.05, 0) is 74.3 Å². The molecule has 176 valence electrons. The Labute approximate surface area is 192 Å². The molecular formula is C25H31N3O5. The lowest BCUT2D eigenvalue weighted by Gasteiger charge is -2.53. The molecule has 1 aromatic heterocycles. The summed E-state index contributed by atoms with van der Waals surface area (Å²) in [7, 11) is 0. The Morgan fingerprint density at radius 2 is 1.76 bits per heavy atom. The third kappa shape index (κ3) is 4.43. The third-order valence-electron chi connectivity index (χ3n) is 7.84. The molecule has 1 heterocycles. The average molecular weight is 454 g/mol. The van der Waals surface area contributed by atoms with Crippen LogP contribution in [0, 0.1) is 30.6 Å². The van der Waals surface area contributed by atoms with Gasteiger partial charge in [0.05, 0.1) is 0 Å². The molecule has 4 saturated carbocycles. The summed E-state index contributed by atoms with van der Waals surface area (Å²) in [6.45, 7) is 1.42. The molecule has 4 aliphatic carbocycles. The minimum Gasteiger partial charge on any atom is -0.480 e. The standard InChI is InChI=1S/C25H31N3O5/c1-13-19(18-4-2-3-5-20(18)27-13)11-21(24(31)26-12-22(29)30)28-25(32)33-23-16-7-14-6-15(9-16)10-17(23)8-14/h2-5,14-17,21,23,27H,6-12H2,1H3,(H,26,31)(H,28,32)(H,29,30)/t14?,15?,16?,17?,21-,23?/m1/s1. The zero-order chi connectivity index (χ0) is 23.1. The monoisotopic (exact) mass is 453 g/mol. The molecule has 8 heteroatoms. The number of hydrogen-bond acceptors (Lipinski definition) is 4. The molecule has 6 rings (SSSR count). The number of carbonyl (C=O) groups excluding carboxylic acids is 2. The maximum Gasteiger partial charge on any atom is 0.408 e. The van der Waals surface area contributed by atoms with Gasteiger partial charge in [0.15, 0.2) is 0 Å². The van der Waals surface area contributed by atoms with E-state index in [1.807, 2.05) is 31.2 Å². The highest BCUT2D eigenvalue weighted by molar-refractivity contribution is 5.90. The maximum atomic E-state index is 12.9. The minimum absolute atomic E-state index is 0.0876. The van der Waals surface area contributed by atoms with Crippen LogP contribution in [0.4, 0.5) is 4.79 Å². The van der Waals surface area contributed by atoms with Gasteiger partial charge in [0.1, 0.15) is 18.7 Å². The Bertz CT molecular complexity index is 1050. The van der Waals surface area contributed by atoms with Gasteiger partial charge in [-0.1, -0.05) is 18.2 Å². The van der Waals surface area contributed by atoms with Gasteiger partial charge >= 0.3 is 12.1 Å². The maximum absolute atomic E-state index is 12.9. The topological polar surface area (TPSA) is 121 Å². The van der Waals surface area contributed by atoms with Crippen molar-refractivity contribution in [3.05, 3.63) is 35.5 Å². The van der Waals surface area contributed by atoms with Crippen molar-refractivity contribution < 1.29 is 24.2 Å². The van der Waals surface area contributed by atoms with Crippen molar-refractivity contribution in [1.82, 2.24) is 15.6 Å². The molecule has 33 heavy (non-hydrogen) atoms. The van der Waals surface area contributed by atoms with Crippen molar-refractivity contribution in [2.24, 2.45) is 23.7 Å². The Kier molecular flexibility index (Phi) is 5.76. The Morgan fingerprint density at radius 3 is 2.42 bits per heavy atom. The van der Waals surface area contributed by atoms with Crippen LogP contribution in [-0.4, -0.2) is 46.8 Å². The number of ether oxygens (including phenoxy) is 1. The predicted octanol–water partition coefficient (Wildman–Crippen LogP) is 3.14. The van der Waals surface area contributed by atoms with Crippen molar-refractivity contribution in [3.63, 3.8) is 0 Å². The number of amides is 2. The van der Waals surface area contributed by atoms with E-state index in [4.69, 9.17) is 9.84 Å². The number of aromatic nitrogens is 1. The predicted molar refractivity (Wildman–Crippen MR) is 122 cm³/mol. The summed E-state index contributed by atoms with van der Waals surface area (Å²) in [6.07, 6.45) is 5.38. The van der Waals surface area contributed by atoms with E-state index in [1.54, 1.807) is 0 Å². The lowest BCUT2D eigenvalue weighted by atomic mass is 9.55. The highest BCUT2D eigenvalue weighted by Gasteiger charge is 2.50. The Hall–Kier alpha value is -3.03. The molecule has 4 aliphatic rings. The first-order valence-electron chi connectivity index (χ1n) is 11.9. The first-order valence-corrected chi connectivity index (χ1v) is 11.9. The van der Waals surface area contributed by atoms with E-state index in [2.05, 4.69) is 15.6 Å². The summed E-state index contributed by atoms with van der Waals surface area (Å²) in [6, 6.07) is 6.84. The number of carboxylic acids is 1. The molecule has 1 aromatic carbocycles. The molecule has 8 nitrogen and oxygen atoms in total. The molecule has 4 bridgehead atoms. The number of para-hydroxylation sites is 1. The van der Waals surface area contributed by atoms with Gasteiger partial charge in [-0.2, -0.15) is 0 Å². The molecule has 0 spiro atoms. The van der Waals surface area contributed by atoms with E-state index < -0.39 is 30.6 Å². The number of fused-ring (bicyclic) bond motifs is 1. The smallest absolute Gasteiger partial charge is 0.408 e. The molecular weight excluding hydrogens is 422 g/mol. The molecule has 0 aliphatic heterocycles. The highest BCUT2D eigenvalue weighted by atomic mass is 16.6. The number of aromatic amines is 1. The van der Waals surface area contributed by atoms with Crippen LogP contribution >= 0.6 is 0 Å². The van der Waals surface area contributed by atoms with E-state index in [-0.39, 0.29) is 12.5 Å². The van der Waals surface area contributed by atoms with Gasteiger partial charge in [-0.25, -0.2) is 4.79 Å². The van der Waals surface area contributed by atoms with Gasteiger partial charge in [-0.15, -0.1) is 0 Å². The first-order chi connectivity index (χ1) is 15.9. The zero-order valence-electron chi connectivity index (χ0n) is 18.8. The molecule has 2 amide bonds. The number of aryl methyl sites for hydroxylation is 1. The van der Waals surface area contributed by atoms with Crippen LogP contribution in [0.25, 0.3) is 10.9 Å². The van der Waals surface area contributed by atoms with E-state index >= 15 is 0 Å². The van der Waals surface area contributed by atoms with Crippen molar-refractivity contribution in [1.29, 1.82) is 0 Å². The molecule has 4 N–H and O–H groups in total. The first kappa shape index (κ1) is 21.8. The van der Waals surface area contributed by atoms with Crippen molar-refractivity contribution in [2.75, 3.05) is 6.54 Å². The molecule has 0 saturated heterocycles. The lowest BCUT2D eigenvalue weighted by Crippen LogP contribution is -2.53. The summed E-state index contributed by atoms with van der Waals surface area (Å²) in [5.74, 6) is 0.708. The molecule has 0 radical (unpaired) electrons. The Morgan fingerprint density at radius 1 is 1.09 bits per heavy atom. The largest absolute Gasteiger partial charge is 0.480 e. The third-order valence-corrected chi connectivity index (χ3v) is 7.84. The summed E-state index contributed by atoms with van der Waals surface area (Å²) in [5.41, 5.74) is 2.77. The second-order valence-electron chi connectivity index (χ2n) is 10.1. The van der Waals surface area contributed by atoms with Gasteiger partial charge in [0, 0.05) is 23.0 Å². The van der Waals surface area contributed by atoms with Crippen LogP contribution < -0.4 is 10.6 Å². The van der Waals surface area contributed by atoms with E-state index in [0.717, 1.165) is 59.7 Å². The van der Waals surface area contributed by atoms with Crippen molar-refractivity contribution >= 4 is 28.9 Å². The number of benzene rings is 1. The van der Waals surface area contributed by atoms with Crippen molar-refractivity contribution in [2.45, 2.75) is 57.6 Å². The molecule has 2 aromatic rings. The minimum atomic E-state index is -1.14. The fourth-order valence-electron chi connectivity index (χ4n) is 6.66. The summed E-state index contributed by atoms with van der Waals surface area (Å²) in [4.78, 5) is 40.0. The number of alkyl carbamates (subject to hydrolysis) is 1. The number of carboxylic acid groups (broad SMARTS) is 1. The van der Waals surface area contributed by atoms with Crippen LogP contribution in [0.1, 0.15) is 43.4 Å². The average Bonchev–Trinajstić information content (AvgIpc) is 3.08. The fourth-order valence-corrected chi connectivity index (χ4v) is 6.66. The van der Waals surface area contributed by atoms with Gasteiger partial charge in [-0.3, -0.25) is 9.59 Å². The number of hydrogen-bond donors (Lipinski definition) is 4. The normalized spacial score (nSPS) is 28.5. The molecule has 4 fully saturated rings. The number of aliphatic carboxylic acids is 1. The van der Waals surface area contributed by atoms with Crippen LogP contribution in [0.3, 0.4) is 0 Å². The van der Waals surface area contributed by atoms with Crippen LogP contribution in [-0.2, 0) is 20.7 Å². The number of nitrogens with one attached hydrogen (secondary N) is 3. The number of rotatable bonds is 7. The van der Waals surface area contributed by atoms with Gasteiger partial charge < -0.3 is 25.5 Å². The van der Waals surface area contributed by atoms with Gasteiger partial charge in [0.25, 0.3) is 0 Å². The summed E-state index contributed by atoms with van der Waals surface area (Å²) in [5, 5.41) is 15.1. The van der Waals surface area contributed by atoms with Crippen LogP contribution in [0.5, 0.6) is 0 Å². The second kappa shape index (κ2) is 8.72. The summed E-state index contributed by atoms with van der Waals surface area (Å²) >= 11 is 0. The zero-order valence-corrected chi connectivity index (χ0v) is 18.8. The summed E-state index contributed by atoms with van der Waals surface area (Å²) < 4.78 is 5.92. The second-order valence-corrected chi connectivity index (χ2v) is 10.1. The fraction of sp³-hybridized carbons (Fsp3) is 0.560. The van der Waals surface area contributed by atoms with Crippen molar-refractivity contribution in [3.8, 4) is 0 Å². The van der Waals surface area contributed by atoms with E-state index in [9.17, 15) is 14.4 Å². The van der Waals surface area contributed by atoms with Crippen LogP contribution in [0.2, 0.25) is 0 Å². The molecule has 1 atom stereocenters. The quantitative estimate of drug-likeness (QED) is 0.513. The molecule has 0 unspecified atom stereocenters. The Balaban J connectivity index is 1.31. The highest BCUT2D eigenvalue weighted by Crippen LogP contribution is 2.54. The SMILES string of the molecule is Cc1[nH]c2ccccc2c1C[C@@H](NC(=O)OC1C2CC3CC(C2)CC1C3)C(=O)NCC(=O)O. The number of carbonyl (C=O) groups is 3.